The molecular formula is C21H38N4O2. The first-order chi connectivity index (χ1) is 13.1. The van der Waals surface area contributed by atoms with Crippen molar-refractivity contribution in [2.75, 3.05) is 60.6 Å². The molecule has 27 heavy (non-hydrogen) atoms. The molecule has 2 N–H and O–H groups in total. The molecule has 1 atom stereocenters. The predicted molar refractivity (Wildman–Crippen MR) is 114 cm³/mol. The zero-order valence-electron chi connectivity index (χ0n) is 17.8. The summed E-state index contributed by atoms with van der Waals surface area (Å²) in [6, 6.07) is 8.33. The normalized spacial score (nSPS) is 12.9. The highest BCUT2D eigenvalue weighted by Crippen LogP contribution is 2.21. The Balaban J connectivity index is 2.33. The van der Waals surface area contributed by atoms with Crippen LogP contribution in [0.5, 0.6) is 5.75 Å². The second-order valence-electron chi connectivity index (χ2n) is 6.80. The van der Waals surface area contributed by atoms with Gasteiger partial charge in [-0.2, -0.15) is 0 Å². The molecule has 0 saturated carbocycles. The Morgan fingerprint density at radius 1 is 1.15 bits per heavy atom. The van der Waals surface area contributed by atoms with Crippen LogP contribution in [0.25, 0.3) is 0 Å². The third-order valence-electron chi connectivity index (χ3n) is 4.54. The smallest absolute Gasteiger partial charge is 0.191 e. The van der Waals surface area contributed by atoms with Crippen LogP contribution in [-0.2, 0) is 4.74 Å². The van der Waals surface area contributed by atoms with E-state index in [1.165, 1.54) is 5.56 Å². The quantitative estimate of drug-likeness (QED) is 0.314. The summed E-state index contributed by atoms with van der Waals surface area (Å²) < 4.78 is 10.3. The van der Waals surface area contributed by atoms with Crippen molar-refractivity contribution >= 4 is 5.96 Å². The second kappa shape index (κ2) is 14.3. The van der Waals surface area contributed by atoms with Crippen LogP contribution < -0.4 is 15.4 Å². The maximum Gasteiger partial charge on any atom is 0.191 e. The zero-order valence-corrected chi connectivity index (χ0v) is 17.8. The molecule has 0 amide bonds. The number of benzene rings is 1. The van der Waals surface area contributed by atoms with Gasteiger partial charge >= 0.3 is 0 Å². The summed E-state index contributed by atoms with van der Waals surface area (Å²) in [6.07, 6.45) is 2.09. The SMILES string of the molecule is CCNC(=NCCCN(C)CCOC)NCCC(C)c1ccc(OC)cc1. The van der Waals surface area contributed by atoms with Crippen molar-refractivity contribution in [3.05, 3.63) is 29.8 Å². The molecule has 0 bridgehead atoms. The third-order valence-corrected chi connectivity index (χ3v) is 4.54. The molecule has 0 fully saturated rings. The molecule has 1 unspecified atom stereocenters. The Morgan fingerprint density at radius 3 is 2.52 bits per heavy atom. The lowest BCUT2D eigenvalue weighted by atomic mass is 9.98. The number of methoxy groups -OCH3 is 2. The van der Waals surface area contributed by atoms with Gasteiger partial charge in [0.2, 0.25) is 0 Å². The van der Waals surface area contributed by atoms with E-state index in [4.69, 9.17) is 9.47 Å². The fourth-order valence-corrected chi connectivity index (χ4v) is 2.74. The average molecular weight is 379 g/mol. The highest BCUT2D eigenvalue weighted by molar-refractivity contribution is 5.79. The summed E-state index contributed by atoms with van der Waals surface area (Å²) >= 11 is 0. The van der Waals surface area contributed by atoms with Crippen molar-refractivity contribution in [1.82, 2.24) is 15.5 Å². The summed E-state index contributed by atoms with van der Waals surface area (Å²) in [7, 11) is 5.55. The molecule has 1 aromatic carbocycles. The van der Waals surface area contributed by atoms with Gasteiger partial charge in [-0.05, 0) is 57.0 Å². The summed E-state index contributed by atoms with van der Waals surface area (Å²) in [6.45, 7) is 9.69. The lowest BCUT2D eigenvalue weighted by Crippen LogP contribution is -2.38. The number of hydrogen-bond acceptors (Lipinski definition) is 4. The summed E-state index contributed by atoms with van der Waals surface area (Å²) in [4.78, 5) is 6.95. The van der Waals surface area contributed by atoms with E-state index in [0.717, 1.165) is 63.9 Å². The maximum atomic E-state index is 5.22. The van der Waals surface area contributed by atoms with Crippen molar-refractivity contribution in [1.29, 1.82) is 0 Å². The minimum absolute atomic E-state index is 0.487. The first kappa shape index (κ1) is 23.2. The first-order valence-electron chi connectivity index (χ1n) is 9.94. The molecule has 0 saturated heterocycles. The van der Waals surface area contributed by atoms with E-state index in [9.17, 15) is 0 Å². The van der Waals surface area contributed by atoms with Crippen LogP contribution in [0.3, 0.4) is 0 Å². The summed E-state index contributed by atoms with van der Waals surface area (Å²) in [5, 5.41) is 6.77. The van der Waals surface area contributed by atoms with E-state index in [1.807, 2.05) is 12.1 Å². The fraction of sp³-hybridized carbons (Fsp3) is 0.667. The monoisotopic (exact) mass is 378 g/mol. The molecule has 0 heterocycles. The summed E-state index contributed by atoms with van der Waals surface area (Å²) in [5.41, 5.74) is 1.33. The Labute approximate surface area is 165 Å². The molecule has 154 valence electrons. The molecular weight excluding hydrogens is 340 g/mol. The maximum absolute atomic E-state index is 5.22. The molecule has 0 aromatic heterocycles. The molecule has 6 nitrogen and oxygen atoms in total. The Morgan fingerprint density at radius 2 is 1.89 bits per heavy atom. The Bertz CT molecular complexity index is 519. The lowest BCUT2D eigenvalue weighted by Gasteiger charge is -2.16. The molecule has 6 heteroatoms. The number of nitrogens with zero attached hydrogens (tertiary/aromatic N) is 2. The number of hydrogen-bond donors (Lipinski definition) is 2. The standard InChI is InChI=1S/C21H38N4O2/c1-6-22-21(23-13-7-15-25(3)16-17-26-4)24-14-12-18(2)19-8-10-20(27-5)11-9-19/h8-11,18H,6-7,12-17H2,1-5H3,(H2,22,23,24). The van der Waals surface area contributed by atoms with Gasteiger partial charge in [-0.25, -0.2) is 0 Å². The van der Waals surface area contributed by atoms with Gasteiger partial charge in [0.25, 0.3) is 0 Å². The van der Waals surface area contributed by atoms with Crippen LogP contribution in [0.1, 0.15) is 38.2 Å². The van der Waals surface area contributed by atoms with Crippen LogP contribution in [0.2, 0.25) is 0 Å². The van der Waals surface area contributed by atoms with Gasteiger partial charge in [-0.3, -0.25) is 4.99 Å². The van der Waals surface area contributed by atoms with Gasteiger partial charge in [0.1, 0.15) is 5.75 Å². The van der Waals surface area contributed by atoms with E-state index in [2.05, 4.69) is 53.6 Å². The van der Waals surface area contributed by atoms with Crippen molar-refractivity contribution in [3.8, 4) is 5.75 Å². The van der Waals surface area contributed by atoms with Crippen molar-refractivity contribution in [3.63, 3.8) is 0 Å². The number of likely N-dealkylation sites (N-methyl/N-ethyl adjacent to an activating group) is 1. The topological polar surface area (TPSA) is 58.1 Å². The molecule has 0 aliphatic heterocycles. The Hall–Kier alpha value is -1.79. The van der Waals surface area contributed by atoms with E-state index in [-0.39, 0.29) is 0 Å². The predicted octanol–water partition coefficient (Wildman–Crippen LogP) is 2.71. The zero-order chi connectivity index (χ0) is 19.9. The van der Waals surface area contributed by atoms with Gasteiger partial charge in [-0.15, -0.1) is 0 Å². The lowest BCUT2D eigenvalue weighted by molar-refractivity contribution is 0.161. The van der Waals surface area contributed by atoms with E-state index >= 15 is 0 Å². The number of rotatable bonds is 13. The Kier molecular flexibility index (Phi) is 12.3. The number of nitrogens with one attached hydrogen (secondary N) is 2. The van der Waals surface area contributed by atoms with E-state index < -0.39 is 0 Å². The van der Waals surface area contributed by atoms with Gasteiger partial charge in [0.05, 0.1) is 13.7 Å². The molecule has 0 radical (unpaired) electrons. The van der Waals surface area contributed by atoms with Crippen LogP contribution in [0, 0.1) is 0 Å². The fourth-order valence-electron chi connectivity index (χ4n) is 2.74. The largest absolute Gasteiger partial charge is 0.497 e. The summed E-state index contributed by atoms with van der Waals surface area (Å²) in [5.74, 6) is 2.29. The van der Waals surface area contributed by atoms with E-state index in [1.54, 1.807) is 14.2 Å². The minimum Gasteiger partial charge on any atom is -0.497 e. The third kappa shape index (κ3) is 10.2. The van der Waals surface area contributed by atoms with Crippen LogP contribution in [0.15, 0.2) is 29.3 Å². The molecule has 0 aliphatic carbocycles. The van der Waals surface area contributed by atoms with Gasteiger partial charge < -0.3 is 25.0 Å². The first-order valence-corrected chi connectivity index (χ1v) is 9.94. The second-order valence-corrected chi connectivity index (χ2v) is 6.80. The minimum atomic E-state index is 0.487. The molecule has 1 rings (SSSR count). The highest BCUT2D eigenvalue weighted by atomic mass is 16.5. The van der Waals surface area contributed by atoms with Crippen LogP contribution in [-0.4, -0.2) is 71.5 Å². The van der Waals surface area contributed by atoms with Crippen molar-refractivity contribution < 1.29 is 9.47 Å². The number of ether oxygens (including phenoxy) is 2. The molecule has 0 spiro atoms. The average Bonchev–Trinajstić information content (AvgIpc) is 2.69. The van der Waals surface area contributed by atoms with Crippen LogP contribution in [0.4, 0.5) is 0 Å². The van der Waals surface area contributed by atoms with Gasteiger partial charge in [-0.1, -0.05) is 19.1 Å². The highest BCUT2D eigenvalue weighted by Gasteiger charge is 2.06. The van der Waals surface area contributed by atoms with Gasteiger partial charge in [0.15, 0.2) is 5.96 Å². The molecule has 1 aromatic rings. The van der Waals surface area contributed by atoms with Gasteiger partial charge in [0, 0.05) is 33.3 Å². The van der Waals surface area contributed by atoms with Crippen molar-refractivity contribution in [2.24, 2.45) is 4.99 Å². The van der Waals surface area contributed by atoms with E-state index in [0.29, 0.717) is 5.92 Å². The van der Waals surface area contributed by atoms with Crippen molar-refractivity contribution in [2.45, 2.75) is 32.6 Å². The molecule has 0 aliphatic rings. The number of guanidine groups is 1. The van der Waals surface area contributed by atoms with Crippen LogP contribution >= 0.6 is 0 Å². The number of aliphatic imine (C=N–C) groups is 1.